The number of rotatable bonds is 5. The number of carbonyl (C=O) groups excluding carboxylic acids is 1. The Balaban J connectivity index is 1.94. The summed E-state index contributed by atoms with van der Waals surface area (Å²) in [6, 6.07) is 7.39. The van der Waals surface area contributed by atoms with Gasteiger partial charge in [-0.15, -0.1) is 0 Å². The van der Waals surface area contributed by atoms with Crippen molar-refractivity contribution in [3.05, 3.63) is 24.3 Å². The Bertz CT molecular complexity index is 478. The maximum absolute atomic E-state index is 12.4. The zero-order chi connectivity index (χ0) is 15.2. The fourth-order valence-electron chi connectivity index (χ4n) is 2.84. The molecule has 0 aromatic heterocycles. The van der Waals surface area contributed by atoms with Crippen molar-refractivity contribution in [3.63, 3.8) is 0 Å². The van der Waals surface area contributed by atoms with Crippen LogP contribution in [0.3, 0.4) is 0 Å². The number of carbonyl (C=O) groups is 1. The first kappa shape index (κ1) is 15.6. The summed E-state index contributed by atoms with van der Waals surface area (Å²) in [5.74, 6) is 1.80. The molecule has 1 aliphatic rings. The number of hydrogen-bond donors (Lipinski definition) is 1. The van der Waals surface area contributed by atoms with Gasteiger partial charge in [0.15, 0.2) is 6.61 Å². The van der Waals surface area contributed by atoms with Crippen molar-refractivity contribution in [3.8, 4) is 11.5 Å². The maximum Gasteiger partial charge on any atom is 0.260 e. The van der Waals surface area contributed by atoms with Gasteiger partial charge in [-0.25, -0.2) is 0 Å². The molecule has 116 valence electrons. The van der Waals surface area contributed by atoms with Gasteiger partial charge >= 0.3 is 0 Å². The number of ether oxygens (including phenoxy) is 2. The summed E-state index contributed by atoms with van der Waals surface area (Å²) >= 11 is 0. The second kappa shape index (κ2) is 7.31. The maximum atomic E-state index is 12.4. The standard InChI is InChI=1S/C16H24N2O3/c1-12-5-4-8-18(15(12)10-17)16(19)11-21-14-7-3-6-13(9-14)20-2/h3,6-7,9,12,15H,4-5,8,10-11,17H2,1-2H3/t12-,15-/m0/s1. The molecule has 1 amide bonds. The number of benzene rings is 1. The average molecular weight is 292 g/mol. The molecule has 0 radical (unpaired) electrons. The van der Waals surface area contributed by atoms with Crippen molar-refractivity contribution in [1.82, 2.24) is 4.90 Å². The minimum absolute atomic E-state index is 0.000167. The van der Waals surface area contributed by atoms with Gasteiger partial charge in [-0.05, 0) is 30.9 Å². The van der Waals surface area contributed by atoms with E-state index in [1.54, 1.807) is 13.2 Å². The number of hydrogen-bond acceptors (Lipinski definition) is 4. The minimum Gasteiger partial charge on any atom is -0.497 e. The number of likely N-dealkylation sites (tertiary alicyclic amines) is 1. The van der Waals surface area contributed by atoms with E-state index in [1.165, 1.54) is 0 Å². The number of methoxy groups -OCH3 is 1. The SMILES string of the molecule is COc1cccc(OCC(=O)N2CCC[C@H](C)[C@@H]2CN)c1. The molecule has 0 saturated carbocycles. The van der Waals surface area contributed by atoms with Crippen LogP contribution >= 0.6 is 0 Å². The summed E-state index contributed by atoms with van der Waals surface area (Å²) in [6.45, 7) is 3.47. The summed E-state index contributed by atoms with van der Waals surface area (Å²) < 4.78 is 10.7. The smallest absolute Gasteiger partial charge is 0.260 e. The van der Waals surface area contributed by atoms with Crippen LogP contribution in [0.5, 0.6) is 11.5 Å². The van der Waals surface area contributed by atoms with Gasteiger partial charge in [0, 0.05) is 25.2 Å². The third-order valence-electron chi connectivity index (χ3n) is 4.08. The molecular weight excluding hydrogens is 268 g/mol. The van der Waals surface area contributed by atoms with Crippen LogP contribution < -0.4 is 15.2 Å². The van der Waals surface area contributed by atoms with Crippen LogP contribution in [0, 0.1) is 5.92 Å². The fraction of sp³-hybridized carbons (Fsp3) is 0.562. The molecule has 1 saturated heterocycles. The largest absolute Gasteiger partial charge is 0.497 e. The van der Waals surface area contributed by atoms with Crippen LogP contribution in [0.2, 0.25) is 0 Å². The first-order valence-electron chi connectivity index (χ1n) is 7.42. The van der Waals surface area contributed by atoms with E-state index >= 15 is 0 Å². The molecule has 1 aromatic rings. The summed E-state index contributed by atoms with van der Waals surface area (Å²) in [4.78, 5) is 14.2. The number of nitrogens with zero attached hydrogens (tertiary/aromatic N) is 1. The van der Waals surface area contributed by atoms with E-state index < -0.39 is 0 Å². The lowest BCUT2D eigenvalue weighted by atomic mass is 9.91. The first-order valence-corrected chi connectivity index (χ1v) is 7.42. The predicted molar refractivity (Wildman–Crippen MR) is 81.4 cm³/mol. The van der Waals surface area contributed by atoms with Crippen LogP contribution in [0.25, 0.3) is 0 Å². The van der Waals surface area contributed by atoms with Crippen molar-refractivity contribution in [1.29, 1.82) is 0 Å². The van der Waals surface area contributed by atoms with Crippen LogP contribution in [0.1, 0.15) is 19.8 Å². The minimum atomic E-state index is -0.000167. The monoisotopic (exact) mass is 292 g/mol. The quantitative estimate of drug-likeness (QED) is 0.896. The van der Waals surface area contributed by atoms with Gasteiger partial charge in [0.1, 0.15) is 11.5 Å². The van der Waals surface area contributed by atoms with Gasteiger partial charge in [0.25, 0.3) is 5.91 Å². The first-order chi connectivity index (χ1) is 10.2. The highest BCUT2D eigenvalue weighted by atomic mass is 16.5. The Morgan fingerprint density at radius 3 is 2.90 bits per heavy atom. The summed E-state index contributed by atoms with van der Waals surface area (Å²) in [6.07, 6.45) is 2.16. The topological polar surface area (TPSA) is 64.8 Å². The molecule has 5 nitrogen and oxygen atoms in total. The number of piperidine rings is 1. The zero-order valence-electron chi connectivity index (χ0n) is 12.7. The molecule has 0 aliphatic carbocycles. The lowest BCUT2D eigenvalue weighted by Gasteiger charge is -2.39. The molecule has 1 heterocycles. The second-order valence-electron chi connectivity index (χ2n) is 5.48. The normalized spacial score (nSPS) is 22.0. The van der Waals surface area contributed by atoms with Crippen molar-refractivity contribution >= 4 is 5.91 Å². The molecule has 1 fully saturated rings. The van der Waals surface area contributed by atoms with E-state index in [0.717, 1.165) is 19.4 Å². The third-order valence-corrected chi connectivity index (χ3v) is 4.08. The Hall–Kier alpha value is -1.75. The molecule has 0 unspecified atom stereocenters. The lowest BCUT2D eigenvalue weighted by Crippen LogP contribution is -2.52. The Labute approximate surface area is 126 Å². The molecule has 1 aliphatic heterocycles. The average Bonchev–Trinajstić information content (AvgIpc) is 2.52. The van der Waals surface area contributed by atoms with E-state index in [2.05, 4.69) is 6.92 Å². The van der Waals surface area contributed by atoms with Crippen molar-refractivity contribution in [2.45, 2.75) is 25.8 Å². The van der Waals surface area contributed by atoms with E-state index in [0.29, 0.717) is 24.0 Å². The van der Waals surface area contributed by atoms with Gasteiger partial charge in [0.05, 0.1) is 7.11 Å². The molecule has 2 N–H and O–H groups in total. The van der Waals surface area contributed by atoms with Crippen LogP contribution in [-0.2, 0) is 4.79 Å². The lowest BCUT2D eigenvalue weighted by molar-refractivity contribution is -0.138. The molecule has 5 heteroatoms. The number of nitrogens with two attached hydrogens (primary N) is 1. The summed E-state index contributed by atoms with van der Waals surface area (Å²) in [5, 5.41) is 0. The van der Waals surface area contributed by atoms with Crippen LogP contribution in [-0.4, -0.2) is 43.7 Å². The van der Waals surface area contributed by atoms with Gasteiger partial charge in [-0.1, -0.05) is 13.0 Å². The van der Waals surface area contributed by atoms with Crippen molar-refractivity contribution in [2.75, 3.05) is 26.8 Å². The molecule has 1 aromatic carbocycles. The Kier molecular flexibility index (Phi) is 5.44. The molecule has 21 heavy (non-hydrogen) atoms. The predicted octanol–water partition coefficient (Wildman–Crippen LogP) is 1.66. The Morgan fingerprint density at radius 2 is 2.19 bits per heavy atom. The number of amides is 1. The zero-order valence-corrected chi connectivity index (χ0v) is 12.7. The van der Waals surface area contributed by atoms with Gasteiger partial charge < -0.3 is 20.1 Å². The molecule has 0 bridgehead atoms. The highest BCUT2D eigenvalue weighted by Gasteiger charge is 2.30. The van der Waals surface area contributed by atoms with E-state index in [9.17, 15) is 4.79 Å². The van der Waals surface area contributed by atoms with E-state index in [1.807, 2.05) is 23.1 Å². The van der Waals surface area contributed by atoms with Gasteiger partial charge in [-0.2, -0.15) is 0 Å². The van der Waals surface area contributed by atoms with E-state index in [-0.39, 0.29) is 18.6 Å². The van der Waals surface area contributed by atoms with E-state index in [4.69, 9.17) is 15.2 Å². The van der Waals surface area contributed by atoms with Crippen molar-refractivity contribution < 1.29 is 14.3 Å². The van der Waals surface area contributed by atoms with Crippen LogP contribution in [0.15, 0.2) is 24.3 Å². The van der Waals surface area contributed by atoms with Gasteiger partial charge in [0.2, 0.25) is 0 Å². The summed E-state index contributed by atoms with van der Waals surface area (Å²) in [7, 11) is 1.60. The van der Waals surface area contributed by atoms with Gasteiger partial charge in [-0.3, -0.25) is 4.79 Å². The highest BCUT2D eigenvalue weighted by Crippen LogP contribution is 2.23. The third kappa shape index (κ3) is 3.88. The highest BCUT2D eigenvalue weighted by molar-refractivity contribution is 5.78. The summed E-state index contributed by atoms with van der Waals surface area (Å²) in [5.41, 5.74) is 5.82. The molecule has 2 atom stereocenters. The molecular formula is C16H24N2O3. The molecule has 0 spiro atoms. The second-order valence-corrected chi connectivity index (χ2v) is 5.48. The molecule has 2 rings (SSSR count). The fourth-order valence-corrected chi connectivity index (χ4v) is 2.84. The Morgan fingerprint density at radius 1 is 1.43 bits per heavy atom. The van der Waals surface area contributed by atoms with Crippen LogP contribution in [0.4, 0.5) is 0 Å². The van der Waals surface area contributed by atoms with Crippen molar-refractivity contribution in [2.24, 2.45) is 11.7 Å².